The summed E-state index contributed by atoms with van der Waals surface area (Å²) in [5.74, 6) is 0.575. The molecule has 2 aromatic heterocycles. The summed E-state index contributed by atoms with van der Waals surface area (Å²) in [6.07, 6.45) is 34.9. The largest absolute Gasteiger partial charge is 0.423 e. The summed E-state index contributed by atoms with van der Waals surface area (Å²) in [5.41, 5.74) is 6.97. The second-order valence-electron chi connectivity index (χ2n) is 11.6. The fourth-order valence-corrected chi connectivity index (χ4v) is 6.06. The van der Waals surface area contributed by atoms with Crippen LogP contribution in [0.4, 0.5) is 5.82 Å². The minimum atomic E-state index is -3.73. The van der Waals surface area contributed by atoms with Gasteiger partial charge in [-0.15, -0.1) is 0 Å². The number of aromatic nitrogens is 4. The van der Waals surface area contributed by atoms with E-state index in [1.54, 1.807) is 35.2 Å². The number of hydrogen-bond acceptors (Lipinski definition) is 9. The number of carbonyl (C=O) groups is 1. The van der Waals surface area contributed by atoms with E-state index in [-0.39, 0.29) is 31.5 Å². The van der Waals surface area contributed by atoms with Crippen LogP contribution in [0.5, 0.6) is 5.75 Å². The maximum Gasteiger partial charge on any atom is 0.404 e. The Hall–Kier alpha value is -4.57. The summed E-state index contributed by atoms with van der Waals surface area (Å²) in [5, 5.41) is 2.81. The van der Waals surface area contributed by atoms with Crippen LogP contribution in [0.2, 0.25) is 0 Å². The van der Waals surface area contributed by atoms with Crippen LogP contribution in [-0.4, -0.2) is 51.0 Å². The van der Waals surface area contributed by atoms with E-state index in [1.807, 2.05) is 19.1 Å². The average Bonchev–Trinajstić information content (AvgIpc) is 3.54. The predicted molar refractivity (Wildman–Crippen MR) is 206 cm³/mol. The van der Waals surface area contributed by atoms with Crippen molar-refractivity contribution in [1.29, 1.82) is 0 Å². The fraction of sp³-hybridized carbons (Fsp3) is 0.385. The van der Waals surface area contributed by atoms with Crippen LogP contribution in [0.1, 0.15) is 65.2 Å². The Balaban J connectivity index is 1.30. The summed E-state index contributed by atoms with van der Waals surface area (Å²) in [7, 11) is -3.73. The molecule has 274 valence electrons. The molecule has 12 heteroatoms. The maximum absolute atomic E-state index is 13.7. The zero-order chi connectivity index (χ0) is 36.4. The van der Waals surface area contributed by atoms with Gasteiger partial charge >= 0.3 is 7.60 Å². The van der Waals surface area contributed by atoms with Gasteiger partial charge in [-0.25, -0.2) is 19.5 Å². The predicted octanol–water partition coefficient (Wildman–Crippen LogP) is 8.65. The van der Waals surface area contributed by atoms with E-state index in [0.717, 1.165) is 38.5 Å². The Kier molecular flexibility index (Phi) is 19.7. The Labute approximate surface area is 302 Å². The zero-order valence-electron chi connectivity index (χ0n) is 29.9. The number of ether oxygens (including phenoxy) is 1. The van der Waals surface area contributed by atoms with Gasteiger partial charge in [-0.05, 0) is 64.0 Å². The molecular formula is C39H53N6O5P. The molecule has 0 aliphatic carbocycles. The highest BCUT2D eigenvalue weighted by molar-refractivity contribution is 7.54. The lowest BCUT2D eigenvalue weighted by molar-refractivity contribution is -0.121. The van der Waals surface area contributed by atoms with Gasteiger partial charge in [-0.3, -0.25) is 9.32 Å². The molecule has 0 spiro atoms. The summed E-state index contributed by atoms with van der Waals surface area (Å²) < 4.78 is 32.9. The number of nitrogen functional groups attached to an aromatic ring is 1. The van der Waals surface area contributed by atoms with Crippen LogP contribution in [0.3, 0.4) is 0 Å². The number of allylic oxidation sites excluding steroid dienone is 12. The van der Waals surface area contributed by atoms with E-state index >= 15 is 0 Å². The molecule has 2 unspecified atom stereocenters. The van der Waals surface area contributed by atoms with Crippen molar-refractivity contribution in [3.05, 3.63) is 116 Å². The van der Waals surface area contributed by atoms with Crippen molar-refractivity contribution < 1.29 is 23.1 Å². The number of anilines is 1. The molecule has 0 saturated heterocycles. The third kappa shape index (κ3) is 17.3. The van der Waals surface area contributed by atoms with E-state index in [1.165, 1.54) is 6.33 Å². The molecule has 2 heterocycles. The summed E-state index contributed by atoms with van der Waals surface area (Å²) in [6, 6.07) is 8.77. The molecule has 51 heavy (non-hydrogen) atoms. The Morgan fingerprint density at radius 3 is 2.12 bits per heavy atom. The molecule has 0 aliphatic heterocycles. The number of para-hydroxylation sites is 1. The highest BCUT2D eigenvalue weighted by Crippen LogP contribution is 2.48. The number of hydrogen-bond donors (Lipinski definition) is 2. The minimum absolute atomic E-state index is 0.00411. The second-order valence-corrected chi connectivity index (χ2v) is 13.5. The van der Waals surface area contributed by atoms with Gasteiger partial charge in [0, 0.05) is 13.0 Å². The zero-order valence-corrected chi connectivity index (χ0v) is 30.8. The molecular weight excluding hydrogens is 663 g/mol. The van der Waals surface area contributed by atoms with Gasteiger partial charge in [0.25, 0.3) is 0 Å². The number of rotatable bonds is 25. The Morgan fingerprint density at radius 2 is 1.49 bits per heavy atom. The summed E-state index contributed by atoms with van der Waals surface area (Å²) >= 11 is 0. The van der Waals surface area contributed by atoms with Gasteiger partial charge < -0.3 is 24.9 Å². The standard InChI is InChI=1S/C39H53N6O5P/c1-3-4-5-6-7-8-9-10-11-12-13-14-15-16-17-18-19-20-24-27-36(46)41-28-29-49-51(47,50-35-25-22-21-23-26-35)33-48-34(2)30-45-32-44-37-38(40)42-31-43-39(37)45/h4-5,7-8,10-11,13-14,16-17,19-23,25-26,31-32,34H,3,6,9,12,15,18,24,27-30,33H2,1-2H3,(H,41,46)(H2,40,42,43). The number of benzene rings is 1. The van der Waals surface area contributed by atoms with Crippen molar-refractivity contribution in [2.75, 3.05) is 25.2 Å². The molecule has 0 radical (unpaired) electrons. The van der Waals surface area contributed by atoms with E-state index in [2.05, 4.69) is 94.0 Å². The average molecular weight is 717 g/mol. The number of nitrogens with two attached hydrogens (primary N) is 1. The van der Waals surface area contributed by atoms with E-state index in [9.17, 15) is 9.36 Å². The number of nitrogens with one attached hydrogen (secondary N) is 1. The van der Waals surface area contributed by atoms with Gasteiger partial charge in [-0.2, -0.15) is 0 Å². The van der Waals surface area contributed by atoms with Crippen molar-refractivity contribution in [3.8, 4) is 5.75 Å². The van der Waals surface area contributed by atoms with Gasteiger partial charge in [0.15, 0.2) is 17.8 Å². The third-order valence-electron chi connectivity index (χ3n) is 7.24. The maximum atomic E-state index is 13.7. The van der Waals surface area contributed by atoms with Crippen LogP contribution < -0.4 is 15.6 Å². The van der Waals surface area contributed by atoms with E-state index < -0.39 is 7.60 Å². The molecule has 3 rings (SSSR count). The Morgan fingerprint density at radius 1 is 0.882 bits per heavy atom. The van der Waals surface area contributed by atoms with E-state index in [0.29, 0.717) is 42.1 Å². The third-order valence-corrected chi connectivity index (χ3v) is 8.77. The van der Waals surface area contributed by atoms with Crippen LogP contribution in [0, 0.1) is 0 Å². The molecule has 1 aromatic carbocycles. The molecule has 3 N–H and O–H groups in total. The van der Waals surface area contributed by atoms with Crippen LogP contribution in [0.15, 0.2) is 116 Å². The lowest BCUT2D eigenvalue weighted by atomic mass is 10.2. The van der Waals surface area contributed by atoms with Crippen molar-refractivity contribution in [2.45, 2.75) is 77.9 Å². The first-order chi connectivity index (χ1) is 24.9. The van der Waals surface area contributed by atoms with Gasteiger partial charge in [0.2, 0.25) is 5.91 Å². The van der Waals surface area contributed by atoms with Crippen LogP contribution >= 0.6 is 7.60 Å². The van der Waals surface area contributed by atoms with Gasteiger partial charge in [0.05, 0.1) is 25.6 Å². The first-order valence-corrected chi connectivity index (χ1v) is 19.3. The van der Waals surface area contributed by atoms with Crippen molar-refractivity contribution in [1.82, 2.24) is 24.8 Å². The number of amides is 1. The molecule has 3 aromatic rings. The molecule has 0 fully saturated rings. The molecule has 0 bridgehead atoms. The summed E-state index contributed by atoms with van der Waals surface area (Å²) in [4.78, 5) is 24.8. The SMILES string of the molecule is CCC=CCC=CCC=CCC=CCC=CCC=CCCC(=O)NCCOP(=O)(COC(C)Cn1cnc2c(N)ncnc21)Oc1ccccc1. The minimum Gasteiger partial charge on any atom is -0.423 e. The Bertz CT molecular complexity index is 1660. The molecule has 11 nitrogen and oxygen atoms in total. The first-order valence-electron chi connectivity index (χ1n) is 17.6. The fourth-order valence-electron chi connectivity index (χ4n) is 4.63. The van der Waals surface area contributed by atoms with Gasteiger partial charge in [-0.1, -0.05) is 98.0 Å². The highest BCUT2D eigenvalue weighted by atomic mass is 31.2. The molecule has 2 atom stereocenters. The lowest BCUT2D eigenvalue weighted by Gasteiger charge is -2.22. The quantitative estimate of drug-likeness (QED) is 0.0500. The molecule has 0 aliphatic rings. The normalized spacial score (nSPS) is 14.2. The number of fused-ring (bicyclic) bond motifs is 1. The smallest absolute Gasteiger partial charge is 0.404 e. The van der Waals surface area contributed by atoms with Crippen LogP contribution in [-0.2, 0) is 25.2 Å². The summed E-state index contributed by atoms with van der Waals surface area (Å²) in [6.45, 7) is 4.54. The van der Waals surface area contributed by atoms with Crippen LogP contribution in [0.25, 0.3) is 11.2 Å². The molecule has 0 saturated carbocycles. The highest BCUT2D eigenvalue weighted by Gasteiger charge is 2.28. The second kappa shape index (κ2) is 24.6. The van der Waals surface area contributed by atoms with E-state index in [4.69, 9.17) is 19.5 Å². The molecule has 1 amide bonds. The van der Waals surface area contributed by atoms with Crippen molar-refractivity contribution in [2.24, 2.45) is 0 Å². The number of nitrogens with zero attached hydrogens (tertiary/aromatic N) is 4. The monoisotopic (exact) mass is 716 g/mol. The lowest BCUT2D eigenvalue weighted by Crippen LogP contribution is -2.27. The van der Waals surface area contributed by atoms with Gasteiger partial charge in [0.1, 0.15) is 17.6 Å². The van der Waals surface area contributed by atoms with Crippen molar-refractivity contribution in [3.63, 3.8) is 0 Å². The van der Waals surface area contributed by atoms with Crippen molar-refractivity contribution >= 4 is 30.5 Å². The first kappa shape index (κ1) is 40.9. The topological polar surface area (TPSA) is 143 Å². The number of imidazole rings is 1. The number of carbonyl (C=O) groups excluding carboxylic acids is 1.